The van der Waals surface area contributed by atoms with E-state index in [9.17, 15) is 22.8 Å². The van der Waals surface area contributed by atoms with E-state index in [-0.39, 0.29) is 22.7 Å². The Balaban J connectivity index is 1.91. The summed E-state index contributed by atoms with van der Waals surface area (Å²) in [6.07, 6.45) is -4.84. The number of hydrogen-bond acceptors (Lipinski definition) is 5. The van der Waals surface area contributed by atoms with Gasteiger partial charge in [0, 0.05) is 17.7 Å². The number of ether oxygens (including phenoxy) is 3. The Kier molecular flexibility index (Phi) is 7.14. The second kappa shape index (κ2) is 9.86. The number of halogens is 3. The van der Waals surface area contributed by atoms with Gasteiger partial charge in [0.05, 0.1) is 11.3 Å². The fourth-order valence-electron chi connectivity index (χ4n) is 2.86. The standard InChI is InChI=1S/C25H22F3NO5/c1-24(2,3)34-23(31)20-13-12-18(15-21(20)29-22(30)16-8-5-4-6-9-16)32-17-10-7-11-19(14-17)33-25(26,27)28/h4-15H,1-3H3,(H,29,30). The third-order valence-corrected chi connectivity index (χ3v) is 4.17. The molecule has 0 atom stereocenters. The lowest BCUT2D eigenvalue weighted by molar-refractivity contribution is -0.274. The largest absolute Gasteiger partial charge is 0.573 e. The molecule has 3 aromatic rings. The molecule has 3 aromatic carbocycles. The first-order valence-corrected chi connectivity index (χ1v) is 10.2. The van der Waals surface area contributed by atoms with E-state index in [0.29, 0.717) is 5.56 Å². The number of esters is 1. The lowest BCUT2D eigenvalue weighted by Crippen LogP contribution is -2.25. The number of amides is 1. The summed E-state index contributed by atoms with van der Waals surface area (Å²) in [6.45, 7) is 5.13. The van der Waals surface area contributed by atoms with Crippen molar-refractivity contribution in [1.29, 1.82) is 0 Å². The third-order valence-electron chi connectivity index (χ3n) is 4.17. The van der Waals surface area contributed by atoms with Crippen LogP contribution in [0.3, 0.4) is 0 Å². The van der Waals surface area contributed by atoms with E-state index in [0.717, 1.165) is 12.1 Å². The molecule has 0 radical (unpaired) electrons. The molecule has 178 valence electrons. The molecule has 0 unspecified atom stereocenters. The van der Waals surface area contributed by atoms with Gasteiger partial charge in [0.25, 0.3) is 5.91 Å². The molecule has 0 saturated carbocycles. The highest BCUT2D eigenvalue weighted by molar-refractivity contribution is 6.08. The molecule has 0 saturated heterocycles. The molecular formula is C25H22F3NO5. The molecule has 9 heteroatoms. The van der Waals surface area contributed by atoms with Crippen molar-refractivity contribution in [1.82, 2.24) is 0 Å². The molecule has 0 aliphatic rings. The van der Waals surface area contributed by atoms with Gasteiger partial charge in [-0.25, -0.2) is 4.79 Å². The average Bonchev–Trinajstić information content (AvgIpc) is 2.72. The number of alkyl halides is 3. The summed E-state index contributed by atoms with van der Waals surface area (Å²) in [5.41, 5.74) is -0.212. The van der Waals surface area contributed by atoms with Gasteiger partial charge in [-0.3, -0.25) is 4.79 Å². The van der Waals surface area contributed by atoms with Crippen LogP contribution in [0.15, 0.2) is 72.8 Å². The zero-order valence-corrected chi connectivity index (χ0v) is 18.6. The monoisotopic (exact) mass is 473 g/mol. The van der Waals surface area contributed by atoms with Crippen LogP contribution in [0.4, 0.5) is 18.9 Å². The molecule has 0 aromatic heterocycles. The first-order chi connectivity index (χ1) is 15.9. The molecule has 0 spiro atoms. The normalized spacial score (nSPS) is 11.5. The summed E-state index contributed by atoms with van der Waals surface area (Å²) in [6, 6.07) is 17.6. The second-order valence-electron chi connectivity index (χ2n) is 8.15. The van der Waals surface area contributed by atoms with Crippen molar-refractivity contribution in [3.63, 3.8) is 0 Å². The maximum Gasteiger partial charge on any atom is 0.573 e. The highest BCUT2D eigenvalue weighted by Crippen LogP contribution is 2.32. The number of rotatable bonds is 6. The van der Waals surface area contributed by atoms with Gasteiger partial charge in [0.2, 0.25) is 0 Å². The van der Waals surface area contributed by atoms with Crippen molar-refractivity contribution in [2.24, 2.45) is 0 Å². The summed E-state index contributed by atoms with van der Waals surface area (Å²) in [7, 11) is 0. The molecule has 0 aliphatic carbocycles. The molecule has 0 aliphatic heterocycles. The van der Waals surface area contributed by atoms with E-state index in [1.807, 2.05) is 0 Å². The van der Waals surface area contributed by atoms with E-state index in [2.05, 4.69) is 10.1 Å². The van der Waals surface area contributed by atoms with Crippen LogP contribution in [0.1, 0.15) is 41.5 Å². The molecule has 0 bridgehead atoms. The van der Waals surface area contributed by atoms with Crippen molar-refractivity contribution in [3.05, 3.63) is 83.9 Å². The number of hydrogen-bond donors (Lipinski definition) is 1. The Bertz CT molecular complexity index is 1170. The summed E-state index contributed by atoms with van der Waals surface area (Å²) >= 11 is 0. The topological polar surface area (TPSA) is 73.9 Å². The molecule has 0 heterocycles. The SMILES string of the molecule is CC(C)(C)OC(=O)c1ccc(Oc2cccc(OC(F)(F)F)c2)cc1NC(=O)c1ccccc1. The number of carbonyl (C=O) groups is 2. The van der Waals surface area contributed by atoms with Crippen molar-refractivity contribution in [3.8, 4) is 17.2 Å². The van der Waals surface area contributed by atoms with Crippen LogP contribution in [-0.4, -0.2) is 23.8 Å². The van der Waals surface area contributed by atoms with Crippen LogP contribution in [0.2, 0.25) is 0 Å². The quantitative estimate of drug-likeness (QED) is 0.409. The van der Waals surface area contributed by atoms with Crippen LogP contribution < -0.4 is 14.8 Å². The van der Waals surface area contributed by atoms with Gasteiger partial charge in [-0.05, 0) is 57.2 Å². The number of anilines is 1. The van der Waals surface area contributed by atoms with Gasteiger partial charge in [-0.1, -0.05) is 24.3 Å². The van der Waals surface area contributed by atoms with E-state index in [1.165, 1.54) is 30.3 Å². The minimum atomic E-state index is -4.84. The Morgan fingerprint density at radius 3 is 2.09 bits per heavy atom. The van der Waals surface area contributed by atoms with Gasteiger partial charge < -0.3 is 19.5 Å². The highest BCUT2D eigenvalue weighted by atomic mass is 19.4. The molecule has 3 rings (SSSR count). The Hall–Kier alpha value is -4.01. The van der Waals surface area contributed by atoms with Crippen LogP contribution in [0, 0.1) is 0 Å². The lowest BCUT2D eigenvalue weighted by atomic mass is 10.1. The predicted octanol–water partition coefficient (Wildman–Crippen LogP) is 6.59. The molecular weight excluding hydrogens is 451 g/mol. The Labute approximate surface area is 194 Å². The van der Waals surface area contributed by atoms with E-state index < -0.39 is 29.6 Å². The maximum absolute atomic E-state index is 12.7. The highest BCUT2D eigenvalue weighted by Gasteiger charge is 2.31. The summed E-state index contributed by atoms with van der Waals surface area (Å²) in [4.78, 5) is 25.4. The fourth-order valence-corrected chi connectivity index (χ4v) is 2.86. The van der Waals surface area contributed by atoms with Gasteiger partial charge in [0.1, 0.15) is 22.8 Å². The molecule has 6 nitrogen and oxygen atoms in total. The Morgan fingerprint density at radius 1 is 0.794 bits per heavy atom. The van der Waals surface area contributed by atoms with Gasteiger partial charge >= 0.3 is 12.3 Å². The van der Waals surface area contributed by atoms with Crippen LogP contribution >= 0.6 is 0 Å². The van der Waals surface area contributed by atoms with Gasteiger partial charge in [0.15, 0.2) is 0 Å². The number of carbonyl (C=O) groups excluding carboxylic acids is 2. The molecule has 1 amide bonds. The van der Waals surface area contributed by atoms with Crippen LogP contribution in [0.25, 0.3) is 0 Å². The van der Waals surface area contributed by atoms with Crippen molar-refractivity contribution in [2.45, 2.75) is 32.7 Å². The molecule has 1 N–H and O–H groups in total. The fraction of sp³-hybridized carbons (Fsp3) is 0.200. The third kappa shape index (κ3) is 7.26. The molecule has 34 heavy (non-hydrogen) atoms. The molecule has 0 fully saturated rings. The van der Waals surface area contributed by atoms with Crippen molar-refractivity contribution in [2.75, 3.05) is 5.32 Å². The smallest absolute Gasteiger partial charge is 0.457 e. The lowest BCUT2D eigenvalue weighted by Gasteiger charge is -2.21. The maximum atomic E-state index is 12.7. The average molecular weight is 473 g/mol. The van der Waals surface area contributed by atoms with Crippen LogP contribution in [-0.2, 0) is 4.74 Å². The number of benzene rings is 3. The summed E-state index contributed by atoms with van der Waals surface area (Å²) in [5.74, 6) is -1.36. The van der Waals surface area contributed by atoms with Gasteiger partial charge in [-0.15, -0.1) is 13.2 Å². The van der Waals surface area contributed by atoms with Gasteiger partial charge in [-0.2, -0.15) is 0 Å². The summed E-state index contributed by atoms with van der Waals surface area (Å²) < 4.78 is 52.5. The Morgan fingerprint density at radius 2 is 1.44 bits per heavy atom. The van der Waals surface area contributed by atoms with E-state index >= 15 is 0 Å². The van der Waals surface area contributed by atoms with E-state index in [4.69, 9.17) is 9.47 Å². The first kappa shape index (κ1) is 24.6. The first-order valence-electron chi connectivity index (χ1n) is 10.2. The minimum absolute atomic E-state index is 0.0621. The van der Waals surface area contributed by atoms with Crippen molar-refractivity contribution < 1.29 is 37.0 Å². The van der Waals surface area contributed by atoms with E-state index in [1.54, 1.807) is 51.1 Å². The van der Waals surface area contributed by atoms with Crippen LogP contribution in [0.5, 0.6) is 17.2 Å². The summed E-state index contributed by atoms with van der Waals surface area (Å²) in [5, 5.41) is 2.67. The minimum Gasteiger partial charge on any atom is -0.457 e. The zero-order chi connectivity index (χ0) is 24.9. The number of nitrogens with one attached hydrogen (secondary N) is 1. The zero-order valence-electron chi connectivity index (χ0n) is 18.6. The second-order valence-corrected chi connectivity index (χ2v) is 8.15. The van der Waals surface area contributed by atoms with Crippen molar-refractivity contribution >= 4 is 17.6 Å². The predicted molar refractivity (Wildman–Crippen MR) is 119 cm³/mol.